The molecule has 2 saturated heterocycles. The van der Waals surface area contributed by atoms with Gasteiger partial charge in [-0.1, -0.05) is 12.8 Å². The second-order valence-electron chi connectivity index (χ2n) is 5.59. The van der Waals surface area contributed by atoms with Gasteiger partial charge in [-0.05, 0) is 33.0 Å². The first-order chi connectivity index (χ1) is 9.31. The number of nitrogens with one attached hydrogen (secondary N) is 2. The van der Waals surface area contributed by atoms with Crippen molar-refractivity contribution in [2.24, 2.45) is 5.92 Å². The second-order valence-corrected chi connectivity index (χ2v) is 5.59. The van der Waals surface area contributed by atoms with Crippen LogP contribution in [0.5, 0.6) is 0 Å². The lowest BCUT2D eigenvalue weighted by Gasteiger charge is -2.21. The quantitative estimate of drug-likeness (QED) is 0.749. The normalized spacial score (nSPS) is 29.1. The van der Waals surface area contributed by atoms with Crippen LogP contribution in [0.2, 0.25) is 0 Å². The topological polar surface area (TPSA) is 53.6 Å². The Balaban J connectivity index is 1.65. The molecule has 2 heterocycles. The average molecular weight is 269 g/mol. The number of carbonyl (C=O) groups is 1. The number of carbonyl (C=O) groups excluding carboxylic acids is 1. The van der Waals surface area contributed by atoms with Crippen LogP contribution in [-0.4, -0.2) is 63.3 Å². The van der Waals surface area contributed by atoms with E-state index in [4.69, 9.17) is 4.74 Å². The molecule has 2 fully saturated rings. The van der Waals surface area contributed by atoms with Gasteiger partial charge in [0.2, 0.25) is 5.91 Å². The van der Waals surface area contributed by atoms with Gasteiger partial charge in [-0.25, -0.2) is 0 Å². The molecule has 2 N–H and O–H groups in total. The molecule has 0 spiro atoms. The van der Waals surface area contributed by atoms with E-state index in [2.05, 4.69) is 15.5 Å². The number of amides is 1. The number of likely N-dealkylation sites (tertiary alicyclic amines) is 1. The third-order valence-electron chi connectivity index (χ3n) is 4.21. The second kappa shape index (κ2) is 7.82. The highest BCUT2D eigenvalue weighted by molar-refractivity contribution is 5.79. The Morgan fingerprint density at radius 2 is 1.95 bits per heavy atom. The molecule has 5 heteroatoms. The summed E-state index contributed by atoms with van der Waals surface area (Å²) in [5.41, 5.74) is 0. The summed E-state index contributed by atoms with van der Waals surface area (Å²) in [4.78, 5) is 14.5. The van der Waals surface area contributed by atoms with Gasteiger partial charge in [0.25, 0.3) is 0 Å². The number of likely N-dealkylation sites (N-methyl/N-ethyl adjacent to an activating group) is 1. The molecule has 2 rings (SSSR count). The van der Waals surface area contributed by atoms with Crippen molar-refractivity contribution in [3.8, 4) is 0 Å². The lowest BCUT2D eigenvalue weighted by molar-refractivity contribution is -0.125. The van der Waals surface area contributed by atoms with Crippen LogP contribution in [0.3, 0.4) is 0 Å². The molecule has 2 atom stereocenters. The SMILES string of the molecule is CNC1COCC1C(=O)NCCN1CCCCCC1. The summed E-state index contributed by atoms with van der Waals surface area (Å²) in [7, 11) is 1.89. The average Bonchev–Trinajstić information content (AvgIpc) is 2.76. The maximum atomic E-state index is 12.1. The van der Waals surface area contributed by atoms with Gasteiger partial charge in [-0.3, -0.25) is 4.79 Å². The van der Waals surface area contributed by atoms with Crippen molar-refractivity contribution in [1.29, 1.82) is 0 Å². The smallest absolute Gasteiger partial charge is 0.227 e. The predicted molar refractivity (Wildman–Crippen MR) is 75.1 cm³/mol. The molecule has 0 aromatic heterocycles. The van der Waals surface area contributed by atoms with Gasteiger partial charge in [0.15, 0.2) is 0 Å². The maximum Gasteiger partial charge on any atom is 0.227 e. The van der Waals surface area contributed by atoms with Crippen LogP contribution in [0.1, 0.15) is 25.7 Å². The van der Waals surface area contributed by atoms with E-state index in [1.165, 1.54) is 38.8 Å². The molecule has 19 heavy (non-hydrogen) atoms. The van der Waals surface area contributed by atoms with E-state index in [-0.39, 0.29) is 17.9 Å². The van der Waals surface area contributed by atoms with Crippen molar-refractivity contribution in [3.63, 3.8) is 0 Å². The minimum Gasteiger partial charge on any atom is -0.379 e. The molecule has 0 aromatic carbocycles. The first kappa shape index (κ1) is 14.8. The number of ether oxygens (including phenoxy) is 1. The summed E-state index contributed by atoms with van der Waals surface area (Å²) >= 11 is 0. The molecule has 0 bridgehead atoms. The number of hydrogen-bond acceptors (Lipinski definition) is 4. The van der Waals surface area contributed by atoms with Gasteiger partial charge < -0.3 is 20.3 Å². The Hall–Kier alpha value is -0.650. The van der Waals surface area contributed by atoms with Crippen molar-refractivity contribution >= 4 is 5.91 Å². The molecule has 0 aromatic rings. The minimum atomic E-state index is -0.0332. The van der Waals surface area contributed by atoms with Crippen LogP contribution >= 0.6 is 0 Å². The minimum absolute atomic E-state index is 0.0332. The zero-order chi connectivity index (χ0) is 13.5. The van der Waals surface area contributed by atoms with Crippen LogP contribution in [-0.2, 0) is 9.53 Å². The lowest BCUT2D eigenvalue weighted by atomic mass is 10.0. The lowest BCUT2D eigenvalue weighted by Crippen LogP contribution is -2.44. The summed E-state index contributed by atoms with van der Waals surface area (Å²) < 4.78 is 5.36. The van der Waals surface area contributed by atoms with Crippen LogP contribution in [0.4, 0.5) is 0 Å². The summed E-state index contributed by atoms with van der Waals surface area (Å²) in [6.07, 6.45) is 5.30. The number of rotatable bonds is 5. The van der Waals surface area contributed by atoms with E-state index in [0.29, 0.717) is 13.2 Å². The van der Waals surface area contributed by atoms with E-state index in [1.54, 1.807) is 0 Å². The zero-order valence-electron chi connectivity index (χ0n) is 12.0. The largest absolute Gasteiger partial charge is 0.379 e. The Kier molecular flexibility index (Phi) is 6.07. The fourth-order valence-electron chi connectivity index (χ4n) is 2.93. The van der Waals surface area contributed by atoms with Gasteiger partial charge in [-0.2, -0.15) is 0 Å². The van der Waals surface area contributed by atoms with Crippen molar-refractivity contribution < 1.29 is 9.53 Å². The molecule has 1 amide bonds. The monoisotopic (exact) mass is 269 g/mol. The number of nitrogens with zero attached hydrogens (tertiary/aromatic N) is 1. The van der Waals surface area contributed by atoms with Crippen molar-refractivity contribution in [1.82, 2.24) is 15.5 Å². The highest BCUT2D eigenvalue weighted by Crippen LogP contribution is 2.13. The molecular weight excluding hydrogens is 242 g/mol. The standard InChI is InChI=1S/C14H27N3O2/c1-15-13-11-19-10-12(13)14(18)16-6-9-17-7-4-2-3-5-8-17/h12-13,15H,2-11H2,1H3,(H,16,18). The molecule has 0 saturated carbocycles. The van der Waals surface area contributed by atoms with E-state index >= 15 is 0 Å². The third kappa shape index (κ3) is 4.44. The fraction of sp³-hybridized carbons (Fsp3) is 0.929. The molecular formula is C14H27N3O2. The molecule has 5 nitrogen and oxygen atoms in total. The summed E-state index contributed by atoms with van der Waals surface area (Å²) in [6, 6.07) is 0.165. The number of hydrogen-bond donors (Lipinski definition) is 2. The highest BCUT2D eigenvalue weighted by Gasteiger charge is 2.32. The zero-order valence-corrected chi connectivity index (χ0v) is 12.0. The van der Waals surface area contributed by atoms with Gasteiger partial charge in [-0.15, -0.1) is 0 Å². The highest BCUT2D eigenvalue weighted by atomic mass is 16.5. The Morgan fingerprint density at radius 1 is 1.21 bits per heavy atom. The first-order valence-electron chi connectivity index (χ1n) is 7.56. The molecule has 2 aliphatic rings. The summed E-state index contributed by atoms with van der Waals surface area (Å²) in [5, 5.41) is 6.20. The Labute approximate surface area is 116 Å². The fourth-order valence-corrected chi connectivity index (χ4v) is 2.93. The van der Waals surface area contributed by atoms with Crippen LogP contribution in [0.25, 0.3) is 0 Å². The summed E-state index contributed by atoms with van der Waals surface area (Å²) in [5.74, 6) is 0.0980. The van der Waals surface area contributed by atoms with Crippen molar-refractivity contribution in [2.45, 2.75) is 31.7 Å². The van der Waals surface area contributed by atoms with Crippen LogP contribution in [0, 0.1) is 5.92 Å². The van der Waals surface area contributed by atoms with Crippen molar-refractivity contribution in [3.05, 3.63) is 0 Å². The Morgan fingerprint density at radius 3 is 2.63 bits per heavy atom. The van der Waals surface area contributed by atoms with Gasteiger partial charge in [0.1, 0.15) is 0 Å². The predicted octanol–water partition coefficient (Wildman–Crippen LogP) is 0.213. The molecule has 110 valence electrons. The van der Waals surface area contributed by atoms with E-state index in [9.17, 15) is 4.79 Å². The summed E-state index contributed by atoms with van der Waals surface area (Å²) in [6.45, 7) is 5.28. The molecule has 2 unspecified atom stereocenters. The van der Waals surface area contributed by atoms with Gasteiger partial charge in [0, 0.05) is 19.1 Å². The third-order valence-corrected chi connectivity index (χ3v) is 4.21. The van der Waals surface area contributed by atoms with Crippen LogP contribution < -0.4 is 10.6 Å². The van der Waals surface area contributed by atoms with E-state index in [0.717, 1.165) is 13.1 Å². The van der Waals surface area contributed by atoms with E-state index < -0.39 is 0 Å². The molecule has 2 aliphatic heterocycles. The van der Waals surface area contributed by atoms with Crippen molar-refractivity contribution in [2.75, 3.05) is 46.4 Å². The van der Waals surface area contributed by atoms with Gasteiger partial charge in [0.05, 0.1) is 19.1 Å². The first-order valence-corrected chi connectivity index (χ1v) is 7.56. The molecule has 0 radical (unpaired) electrons. The Bertz CT molecular complexity index is 278. The van der Waals surface area contributed by atoms with Crippen LogP contribution in [0.15, 0.2) is 0 Å². The van der Waals surface area contributed by atoms with Gasteiger partial charge >= 0.3 is 0 Å². The molecule has 0 aliphatic carbocycles. The maximum absolute atomic E-state index is 12.1. The van der Waals surface area contributed by atoms with E-state index in [1.807, 2.05) is 7.05 Å².